The molecule has 2 aromatic rings. The van der Waals surface area contributed by atoms with Crippen molar-refractivity contribution in [3.05, 3.63) is 53.8 Å². The molecule has 1 fully saturated rings. The molecule has 0 aromatic heterocycles. The molecule has 4 amide bonds. The van der Waals surface area contributed by atoms with Crippen LogP contribution in [0, 0.1) is 5.82 Å². The third kappa shape index (κ3) is 7.33. The molecule has 0 unspecified atom stereocenters. The molecule has 0 spiro atoms. The number of likely N-dealkylation sites (tertiary alicyclic amines) is 1. The summed E-state index contributed by atoms with van der Waals surface area (Å²) in [5.41, 5.74) is 1.27. The summed E-state index contributed by atoms with van der Waals surface area (Å²) in [6.45, 7) is 2.27. The molecule has 1 aliphatic heterocycles. The van der Waals surface area contributed by atoms with Crippen LogP contribution in [0.1, 0.15) is 25.3 Å². The Morgan fingerprint density at radius 2 is 1.74 bits per heavy atom. The van der Waals surface area contributed by atoms with Gasteiger partial charge in [0.2, 0.25) is 11.8 Å². The molecule has 3 rings (SSSR count). The minimum atomic E-state index is -0.783. The topological polar surface area (TPSA) is 109 Å². The zero-order chi connectivity index (χ0) is 25.4. The van der Waals surface area contributed by atoms with Crippen molar-refractivity contribution in [3.8, 4) is 11.5 Å². The van der Waals surface area contributed by atoms with Crippen LogP contribution in [-0.4, -0.2) is 62.1 Å². The number of nitrogens with one attached hydrogen (secondary N) is 3. The molecule has 10 heteroatoms. The highest BCUT2D eigenvalue weighted by Crippen LogP contribution is 2.26. The number of halogens is 1. The van der Waals surface area contributed by atoms with Gasteiger partial charge in [-0.15, -0.1) is 0 Å². The number of nitrogens with zero attached hydrogens (tertiary/aromatic N) is 1. The lowest BCUT2D eigenvalue weighted by molar-refractivity contribution is -0.128. The van der Waals surface area contributed by atoms with Crippen LogP contribution in [0.4, 0.5) is 14.9 Å². The fraction of sp³-hybridized carbons (Fsp3) is 0.400. The minimum absolute atomic E-state index is 0.133. The second kappa shape index (κ2) is 12.0. The Bertz CT molecular complexity index is 1040. The third-order valence-corrected chi connectivity index (χ3v) is 5.84. The fourth-order valence-corrected chi connectivity index (χ4v) is 3.96. The molecule has 2 aromatic carbocycles. The first-order chi connectivity index (χ1) is 16.8. The van der Waals surface area contributed by atoms with Gasteiger partial charge in [-0.05, 0) is 48.7 Å². The Hall–Kier alpha value is -3.82. The smallest absolute Gasteiger partial charge is 0.321 e. The molecule has 3 N–H and O–H groups in total. The van der Waals surface area contributed by atoms with Gasteiger partial charge < -0.3 is 30.3 Å². The number of hydrogen-bond acceptors (Lipinski definition) is 5. The molecule has 0 radical (unpaired) electrons. The first-order valence-corrected chi connectivity index (χ1v) is 11.4. The molecule has 35 heavy (non-hydrogen) atoms. The molecule has 1 heterocycles. The molecule has 188 valence electrons. The number of amides is 4. The van der Waals surface area contributed by atoms with Crippen molar-refractivity contribution in [3.63, 3.8) is 0 Å². The quantitative estimate of drug-likeness (QED) is 0.532. The van der Waals surface area contributed by atoms with E-state index in [9.17, 15) is 18.8 Å². The number of benzene rings is 2. The van der Waals surface area contributed by atoms with Gasteiger partial charge in [-0.1, -0.05) is 6.07 Å². The van der Waals surface area contributed by atoms with Gasteiger partial charge in [0, 0.05) is 44.2 Å². The van der Waals surface area contributed by atoms with Crippen LogP contribution in [0.15, 0.2) is 42.5 Å². The first-order valence-electron chi connectivity index (χ1n) is 11.4. The van der Waals surface area contributed by atoms with E-state index in [4.69, 9.17) is 9.47 Å². The van der Waals surface area contributed by atoms with E-state index in [0.717, 1.165) is 5.56 Å². The normalized spacial score (nSPS) is 14.6. The standard InChI is InChI=1S/C25H31FN4O5/c1-16(31)27-22(14-17-4-9-21(34-2)15-23(17)35-3)24(32)28-20-10-12-30(13-11-20)25(33)29-19-7-5-18(26)6-8-19/h4-9,15,20,22H,10-14H2,1-3H3,(H,27,31)(H,28,32)(H,29,33)/t22-/m1/s1. The summed E-state index contributed by atoms with van der Waals surface area (Å²) in [6, 6.07) is 9.68. The number of carbonyl (C=O) groups is 3. The van der Waals surface area contributed by atoms with Crippen LogP contribution in [-0.2, 0) is 16.0 Å². The maximum absolute atomic E-state index is 13.1. The van der Waals surface area contributed by atoms with Crippen molar-refractivity contribution in [2.75, 3.05) is 32.6 Å². The van der Waals surface area contributed by atoms with Crippen LogP contribution < -0.4 is 25.4 Å². The first kappa shape index (κ1) is 25.8. The Balaban J connectivity index is 1.56. The lowest BCUT2D eigenvalue weighted by Gasteiger charge is -2.33. The average molecular weight is 487 g/mol. The second-order valence-corrected chi connectivity index (χ2v) is 8.34. The lowest BCUT2D eigenvalue weighted by Crippen LogP contribution is -2.53. The highest BCUT2D eigenvalue weighted by molar-refractivity contribution is 5.89. The van der Waals surface area contributed by atoms with Gasteiger partial charge in [-0.2, -0.15) is 0 Å². The summed E-state index contributed by atoms with van der Waals surface area (Å²) < 4.78 is 23.7. The Morgan fingerprint density at radius 3 is 2.34 bits per heavy atom. The summed E-state index contributed by atoms with van der Waals surface area (Å²) in [5.74, 6) is 0.203. The molecular weight excluding hydrogens is 455 g/mol. The number of anilines is 1. The Labute approximate surface area is 204 Å². The number of urea groups is 1. The lowest BCUT2D eigenvalue weighted by atomic mass is 10.0. The summed E-state index contributed by atoms with van der Waals surface area (Å²) in [5, 5.41) is 8.46. The van der Waals surface area contributed by atoms with Gasteiger partial charge in [0.05, 0.1) is 14.2 Å². The number of rotatable bonds is 8. The van der Waals surface area contributed by atoms with E-state index >= 15 is 0 Å². The number of hydrogen-bond donors (Lipinski definition) is 3. The largest absolute Gasteiger partial charge is 0.497 e. The van der Waals surface area contributed by atoms with Crippen molar-refractivity contribution < 1.29 is 28.2 Å². The molecule has 1 saturated heterocycles. The van der Waals surface area contributed by atoms with E-state index in [1.807, 2.05) is 0 Å². The SMILES string of the molecule is COc1ccc(C[C@@H](NC(C)=O)C(=O)NC2CCN(C(=O)Nc3ccc(F)cc3)CC2)c(OC)c1. The van der Waals surface area contributed by atoms with E-state index in [2.05, 4.69) is 16.0 Å². The van der Waals surface area contributed by atoms with Crippen molar-refractivity contribution in [2.24, 2.45) is 0 Å². The number of piperidine rings is 1. The average Bonchev–Trinajstić information content (AvgIpc) is 2.85. The highest BCUT2D eigenvalue weighted by Gasteiger charge is 2.28. The van der Waals surface area contributed by atoms with E-state index in [1.165, 1.54) is 38.3 Å². The van der Waals surface area contributed by atoms with Crippen molar-refractivity contribution in [1.82, 2.24) is 15.5 Å². The maximum Gasteiger partial charge on any atom is 0.321 e. The highest BCUT2D eigenvalue weighted by atomic mass is 19.1. The van der Waals surface area contributed by atoms with Crippen LogP contribution in [0.5, 0.6) is 11.5 Å². The van der Waals surface area contributed by atoms with E-state index in [-0.39, 0.29) is 36.1 Å². The predicted molar refractivity (Wildman–Crippen MR) is 129 cm³/mol. The number of carbonyl (C=O) groups excluding carboxylic acids is 3. The number of methoxy groups -OCH3 is 2. The maximum atomic E-state index is 13.1. The van der Waals surface area contributed by atoms with Gasteiger partial charge in [0.15, 0.2) is 0 Å². The monoisotopic (exact) mass is 486 g/mol. The van der Waals surface area contributed by atoms with Crippen molar-refractivity contribution in [1.29, 1.82) is 0 Å². The minimum Gasteiger partial charge on any atom is -0.497 e. The molecule has 0 bridgehead atoms. The number of ether oxygens (including phenoxy) is 2. The predicted octanol–water partition coefficient (Wildman–Crippen LogP) is 2.70. The third-order valence-electron chi connectivity index (χ3n) is 5.84. The molecule has 1 aliphatic rings. The van der Waals surface area contributed by atoms with Crippen LogP contribution in [0.3, 0.4) is 0 Å². The van der Waals surface area contributed by atoms with Crippen molar-refractivity contribution in [2.45, 2.75) is 38.3 Å². The van der Waals surface area contributed by atoms with Crippen LogP contribution >= 0.6 is 0 Å². The molecular formula is C25H31FN4O5. The van der Waals surface area contributed by atoms with Gasteiger partial charge in [-0.25, -0.2) is 9.18 Å². The van der Waals surface area contributed by atoms with Crippen LogP contribution in [0.2, 0.25) is 0 Å². The van der Waals surface area contributed by atoms with Gasteiger partial charge in [-0.3, -0.25) is 9.59 Å². The summed E-state index contributed by atoms with van der Waals surface area (Å²) in [7, 11) is 3.09. The summed E-state index contributed by atoms with van der Waals surface area (Å²) in [4.78, 5) is 38.9. The Morgan fingerprint density at radius 1 is 1.06 bits per heavy atom. The van der Waals surface area contributed by atoms with Gasteiger partial charge >= 0.3 is 6.03 Å². The zero-order valence-corrected chi connectivity index (χ0v) is 20.1. The zero-order valence-electron chi connectivity index (χ0n) is 20.1. The molecule has 1 atom stereocenters. The second-order valence-electron chi connectivity index (χ2n) is 8.34. The van der Waals surface area contributed by atoms with Gasteiger partial charge in [0.1, 0.15) is 23.4 Å². The van der Waals surface area contributed by atoms with E-state index in [1.54, 1.807) is 30.2 Å². The van der Waals surface area contributed by atoms with Crippen molar-refractivity contribution >= 4 is 23.5 Å². The Kier molecular flexibility index (Phi) is 8.88. The summed E-state index contributed by atoms with van der Waals surface area (Å²) in [6.07, 6.45) is 1.39. The van der Waals surface area contributed by atoms with E-state index in [0.29, 0.717) is 43.1 Å². The molecule has 9 nitrogen and oxygen atoms in total. The van der Waals surface area contributed by atoms with Gasteiger partial charge in [0.25, 0.3) is 0 Å². The van der Waals surface area contributed by atoms with E-state index < -0.39 is 6.04 Å². The summed E-state index contributed by atoms with van der Waals surface area (Å²) >= 11 is 0. The van der Waals surface area contributed by atoms with Crippen LogP contribution in [0.25, 0.3) is 0 Å². The fourth-order valence-electron chi connectivity index (χ4n) is 3.96. The molecule has 0 aliphatic carbocycles. The molecule has 0 saturated carbocycles.